The van der Waals surface area contributed by atoms with E-state index in [1.54, 1.807) is 4.90 Å². The van der Waals surface area contributed by atoms with Gasteiger partial charge in [0.05, 0.1) is 0 Å². The zero-order valence-corrected chi connectivity index (χ0v) is 8.34. The summed E-state index contributed by atoms with van der Waals surface area (Å²) >= 11 is 5.46. The average molecular weight is 191 g/mol. The molecule has 0 saturated carbocycles. The van der Waals surface area contributed by atoms with E-state index >= 15 is 0 Å². The number of halogens is 1. The van der Waals surface area contributed by atoms with E-state index < -0.39 is 0 Å². The van der Waals surface area contributed by atoms with Crippen LogP contribution < -0.4 is 0 Å². The Hall–Kier alpha value is -0.280. The van der Waals surface area contributed by atoms with Crippen LogP contribution in [0.15, 0.2) is 0 Å². The third kappa shape index (κ3) is 2.11. The van der Waals surface area contributed by atoms with Gasteiger partial charge in [-0.15, -0.1) is 11.6 Å². The van der Waals surface area contributed by atoms with Crippen molar-refractivity contribution in [2.24, 2.45) is 0 Å². The monoisotopic (exact) mass is 190 g/mol. The largest absolute Gasteiger partial charge is 0.340 e. The number of rotatable bonds is 2. The first kappa shape index (κ1) is 9.81. The summed E-state index contributed by atoms with van der Waals surface area (Å²) in [6.07, 6.45) is 1.07. The molecule has 0 radical (unpaired) electrons. The lowest BCUT2D eigenvalue weighted by Crippen LogP contribution is -2.39. The SMILES string of the molecule is CN1CC[C@H](N(C)C(=O)CCl)C1. The normalized spacial score (nSPS) is 24.4. The van der Waals surface area contributed by atoms with Gasteiger partial charge in [0.1, 0.15) is 5.88 Å². The molecule has 12 heavy (non-hydrogen) atoms. The topological polar surface area (TPSA) is 23.6 Å². The summed E-state index contributed by atoms with van der Waals surface area (Å²) in [4.78, 5) is 15.2. The Bertz CT molecular complexity index is 174. The van der Waals surface area contributed by atoms with Crippen LogP contribution in [-0.4, -0.2) is 54.8 Å². The molecule has 0 N–H and O–H groups in total. The molecule has 0 aromatic rings. The van der Waals surface area contributed by atoms with Crippen LogP contribution in [0.3, 0.4) is 0 Å². The molecule has 1 aliphatic heterocycles. The number of hydrogen-bond acceptors (Lipinski definition) is 2. The molecule has 1 rings (SSSR count). The van der Waals surface area contributed by atoms with E-state index in [1.807, 2.05) is 7.05 Å². The molecule has 1 aliphatic rings. The molecule has 1 fully saturated rings. The molecule has 1 amide bonds. The molecule has 3 nitrogen and oxygen atoms in total. The van der Waals surface area contributed by atoms with Crippen LogP contribution >= 0.6 is 11.6 Å². The van der Waals surface area contributed by atoms with Crippen LogP contribution in [0.1, 0.15) is 6.42 Å². The Labute approximate surface area is 78.3 Å². The number of nitrogens with zero attached hydrogens (tertiary/aromatic N) is 2. The van der Waals surface area contributed by atoms with Crippen LogP contribution in [0.2, 0.25) is 0 Å². The highest BCUT2D eigenvalue weighted by Gasteiger charge is 2.25. The summed E-state index contributed by atoms with van der Waals surface area (Å²) in [6, 6.07) is 0.362. The molecule has 0 spiro atoms. The van der Waals surface area contributed by atoms with Gasteiger partial charge in [-0.3, -0.25) is 4.79 Å². The maximum absolute atomic E-state index is 11.2. The van der Waals surface area contributed by atoms with Gasteiger partial charge < -0.3 is 9.80 Å². The van der Waals surface area contributed by atoms with Crippen molar-refractivity contribution in [3.8, 4) is 0 Å². The highest BCUT2D eigenvalue weighted by atomic mass is 35.5. The summed E-state index contributed by atoms with van der Waals surface area (Å²) < 4.78 is 0. The Morgan fingerprint density at radius 1 is 1.75 bits per heavy atom. The van der Waals surface area contributed by atoms with Crippen molar-refractivity contribution in [2.75, 3.05) is 33.1 Å². The van der Waals surface area contributed by atoms with Gasteiger partial charge >= 0.3 is 0 Å². The van der Waals surface area contributed by atoms with Gasteiger partial charge in [-0.25, -0.2) is 0 Å². The lowest BCUT2D eigenvalue weighted by Gasteiger charge is -2.23. The molecule has 0 bridgehead atoms. The maximum Gasteiger partial charge on any atom is 0.237 e. The minimum Gasteiger partial charge on any atom is -0.340 e. The maximum atomic E-state index is 11.2. The lowest BCUT2D eigenvalue weighted by molar-refractivity contribution is -0.129. The highest BCUT2D eigenvalue weighted by molar-refractivity contribution is 6.27. The second kappa shape index (κ2) is 4.10. The number of hydrogen-bond donors (Lipinski definition) is 0. The first-order valence-corrected chi connectivity index (χ1v) is 4.68. The van der Waals surface area contributed by atoms with Gasteiger partial charge in [-0.1, -0.05) is 0 Å². The standard InChI is InChI=1S/C8H15ClN2O/c1-10-4-3-7(6-10)11(2)8(12)5-9/h7H,3-6H2,1-2H3/t7-/m0/s1. The molecule has 70 valence electrons. The minimum absolute atomic E-state index is 0.0250. The van der Waals surface area contributed by atoms with Crippen LogP contribution in [0.25, 0.3) is 0 Å². The van der Waals surface area contributed by atoms with Gasteiger partial charge in [0.25, 0.3) is 0 Å². The third-order valence-corrected chi connectivity index (χ3v) is 2.65. The van der Waals surface area contributed by atoms with E-state index in [1.165, 1.54) is 0 Å². The van der Waals surface area contributed by atoms with E-state index in [9.17, 15) is 4.79 Å². The molecule has 0 aromatic carbocycles. The van der Waals surface area contributed by atoms with Crippen molar-refractivity contribution in [3.63, 3.8) is 0 Å². The predicted octanol–water partition coefficient (Wildman–Crippen LogP) is 0.388. The second-order valence-electron chi connectivity index (χ2n) is 3.34. The minimum atomic E-state index is 0.0250. The Kier molecular flexibility index (Phi) is 3.35. The zero-order chi connectivity index (χ0) is 9.14. The van der Waals surface area contributed by atoms with E-state index in [4.69, 9.17) is 11.6 Å². The zero-order valence-electron chi connectivity index (χ0n) is 7.59. The summed E-state index contributed by atoms with van der Waals surface area (Å²) in [5, 5.41) is 0. The number of likely N-dealkylation sites (tertiary alicyclic amines) is 1. The summed E-state index contributed by atoms with van der Waals surface area (Å²) in [5.74, 6) is 0.119. The van der Waals surface area contributed by atoms with Crippen molar-refractivity contribution >= 4 is 17.5 Å². The quantitative estimate of drug-likeness (QED) is 0.589. The van der Waals surface area contributed by atoms with Crippen molar-refractivity contribution in [2.45, 2.75) is 12.5 Å². The Morgan fingerprint density at radius 2 is 2.42 bits per heavy atom. The van der Waals surface area contributed by atoms with Gasteiger partial charge in [0, 0.05) is 19.6 Å². The first-order chi connectivity index (χ1) is 5.65. The number of alkyl halides is 1. The van der Waals surface area contributed by atoms with Crippen molar-refractivity contribution in [1.82, 2.24) is 9.80 Å². The summed E-state index contributed by atoms with van der Waals surface area (Å²) in [5.41, 5.74) is 0. The van der Waals surface area contributed by atoms with Crippen molar-refractivity contribution < 1.29 is 4.79 Å². The highest BCUT2D eigenvalue weighted by Crippen LogP contribution is 2.12. The summed E-state index contributed by atoms with van der Waals surface area (Å²) in [7, 11) is 3.90. The van der Waals surface area contributed by atoms with Gasteiger partial charge in [-0.2, -0.15) is 0 Å². The molecular formula is C8H15ClN2O. The van der Waals surface area contributed by atoms with Crippen LogP contribution in [0, 0.1) is 0 Å². The van der Waals surface area contributed by atoms with Crippen LogP contribution in [0.4, 0.5) is 0 Å². The van der Waals surface area contributed by atoms with E-state index in [2.05, 4.69) is 11.9 Å². The molecule has 0 aliphatic carbocycles. The van der Waals surface area contributed by atoms with E-state index in [-0.39, 0.29) is 11.8 Å². The number of carbonyl (C=O) groups excluding carboxylic acids is 1. The van der Waals surface area contributed by atoms with E-state index in [0.717, 1.165) is 19.5 Å². The van der Waals surface area contributed by atoms with Crippen LogP contribution in [0.5, 0.6) is 0 Å². The number of likely N-dealkylation sites (N-methyl/N-ethyl adjacent to an activating group) is 2. The molecule has 1 atom stereocenters. The fourth-order valence-electron chi connectivity index (χ4n) is 1.53. The third-order valence-electron chi connectivity index (χ3n) is 2.42. The fourth-order valence-corrected chi connectivity index (χ4v) is 1.71. The molecule has 0 unspecified atom stereocenters. The van der Waals surface area contributed by atoms with Crippen LogP contribution in [-0.2, 0) is 4.79 Å². The molecule has 1 heterocycles. The first-order valence-electron chi connectivity index (χ1n) is 4.15. The van der Waals surface area contributed by atoms with E-state index in [0.29, 0.717) is 6.04 Å². The number of carbonyl (C=O) groups is 1. The van der Waals surface area contributed by atoms with Gasteiger partial charge in [0.15, 0.2) is 0 Å². The molecule has 0 aromatic heterocycles. The predicted molar refractivity (Wildman–Crippen MR) is 49.4 cm³/mol. The van der Waals surface area contributed by atoms with Crippen molar-refractivity contribution in [3.05, 3.63) is 0 Å². The van der Waals surface area contributed by atoms with Gasteiger partial charge in [0.2, 0.25) is 5.91 Å². The molecule has 4 heteroatoms. The Balaban J connectivity index is 2.42. The average Bonchev–Trinajstić information content (AvgIpc) is 2.49. The lowest BCUT2D eigenvalue weighted by atomic mass is 10.2. The number of amides is 1. The second-order valence-corrected chi connectivity index (χ2v) is 3.61. The van der Waals surface area contributed by atoms with Crippen molar-refractivity contribution in [1.29, 1.82) is 0 Å². The van der Waals surface area contributed by atoms with Gasteiger partial charge in [-0.05, 0) is 20.0 Å². The fraction of sp³-hybridized carbons (Fsp3) is 0.875. The summed E-state index contributed by atoms with van der Waals surface area (Å²) in [6.45, 7) is 2.05. The smallest absolute Gasteiger partial charge is 0.237 e. The molecule has 1 saturated heterocycles. The Morgan fingerprint density at radius 3 is 2.83 bits per heavy atom. The molecular weight excluding hydrogens is 176 g/mol.